The van der Waals surface area contributed by atoms with Crippen LogP contribution in [0, 0.1) is 0 Å². The van der Waals surface area contributed by atoms with Gasteiger partial charge in [-0.15, -0.1) is 0 Å². The summed E-state index contributed by atoms with van der Waals surface area (Å²) in [7, 11) is 0. The average Bonchev–Trinajstić information content (AvgIpc) is 2.99. The fourth-order valence-corrected chi connectivity index (χ4v) is 2.56. The summed E-state index contributed by atoms with van der Waals surface area (Å²) in [5, 5.41) is 10.6. The maximum atomic E-state index is 5.96. The molecule has 3 rings (SSSR count). The Morgan fingerprint density at radius 1 is 1.33 bits per heavy atom. The van der Waals surface area contributed by atoms with Gasteiger partial charge in [-0.1, -0.05) is 17.7 Å². The summed E-state index contributed by atoms with van der Waals surface area (Å²) in [6.45, 7) is 1.99. The van der Waals surface area contributed by atoms with E-state index in [9.17, 15) is 0 Å². The van der Waals surface area contributed by atoms with Gasteiger partial charge in [0.05, 0.1) is 0 Å². The molecule has 5 nitrogen and oxygen atoms in total. The highest BCUT2D eigenvalue weighted by molar-refractivity contribution is 6.30. The number of benzene rings is 1. The molecule has 2 heterocycles. The van der Waals surface area contributed by atoms with Crippen molar-refractivity contribution in [2.75, 3.05) is 23.7 Å². The minimum atomic E-state index is 0.532. The molecule has 0 unspecified atom stereocenters. The van der Waals surface area contributed by atoms with Crippen LogP contribution in [0.2, 0.25) is 5.02 Å². The zero-order valence-electron chi connectivity index (χ0n) is 11.6. The molecule has 1 aliphatic heterocycles. The summed E-state index contributed by atoms with van der Waals surface area (Å²) >= 11 is 5.96. The van der Waals surface area contributed by atoms with Gasteiger partial charge in [0, 0.05) is 29.5 Å². The zero-order chi connectivity index (χ0) is 14.5. The van der Waals surface area contributed by atoms with Crippen molar-refractivity contribution < 1.29 is 0 Å². The highest BCUT2D eigenvalue weighted by Crippen LogP contribution is 2.18. The third-order valence-corrected chi connectivity index (χ3v) is 3.66. The molecular weight excluding hydrogens is 286 g/mol. The SMILES string of the molecule is Clc1cccc(Nc2nccc(NC[C@@H]3CCCN3)n2)c1. The lowest BCUT2D eigenvalue weighted by Crippen LogP contribution is -2.29. The smallest absolute Gasteiger partial charge is 0.229 e. The lowest BCUT2D eigenvalue weighted by atomic mass is 10.2. The van der Waals surface area contributed by atoms with Crippen LogP contribution in [-0.2, 0) is 0 Å². The third-order valence-electron chi connectivity index (χ3n) is 3.43. The van der Waals surface area contributed by atoms with E-state index in [4.69, 9.17) is 11.6 Å². The number of hydrogen-bond donors (Lipinski definition) is 3. The van der Waals surface area contributed by atoms with Gasteiger partial charge < -0.3 is 16.0 Å². The number of aromatic nitrogens is 2. The summed E-state index contributed by atoms with van der Waals surface area (Å²) in [4.78, 5) is 8.68. The Labute approximate surface area is 129 Å². The van der Waals surface area contributed by atoms with Gasteiger partial charge in [-0.2, -0.15) is 4.98 Å². The lowest BCUT2D eigenvalue weighted by Gasteiger charge is -2.12. The monoisotopic (exact) mass is 303 g/mol. The second-order valence-corrected chi connectivity index (χ2v) is 5.51. The van der Waals surface area contributed by atoms with E-state index < -0.39 is 0 Å². The first-order chi connectivity index (χ1) is 10.3. The molecule has 0 radical (unpaired) electrons. The van der Waals surface area contributed by atoms with Crippen LogP contribution in [0.3, 0.4) is 0 Å². The molecule has 6 heteroatoms. The summed E-state index contributed by atoms with van der Waals surface area (Å²) in [5.41, 5.74) is 0.872. The first-order valence-electron chi connectivity index (χ1n) is 7.12. The molecule has 110 valence electrons. The van der Waals surface area contributed by atoms with Crippen molar-refractivity contribution in [3.05, 3.63) is 41.6 Å². The second kappa shape index (κ2) is 6.74. The molecule has 0 spiro atoms. The van der Waals surface area contributed by atoms with Crippen molar-refractivity contribution >= 4 is 29.1 Å². The van der Waals surface area contributed by atoms with Crippen molar-refractivity contribution in [1.29, 1.82) is 0 Å². The second-order valence-electron chi connectivity index (χ2n) is 5.08. The standard InChI is InChI=1S/C15H18ClN5/c16-11-3-1-4-12(9-11)20-15-18-8-6-14(21-15)19-10-13-5-2-7-17-13/h1,3-4,6,8-9,13,17H,2,5,7,10H2,(H2,18,19,20,21)/t13-/m0/s1. The summed E-state index contributed by atoms with van der Waals surface area (Å²) in [6, 6.07) is 9.89. The first kappa shape index (κ1) is 14.1. The van der Waals surface area contributed by atoms with Gasteiger partial charge in [0.1, 0.15) is 5.82 Å². The van der Waals surface area contributed by atoms with Crippen LogP contribution in [0.25, 0.3) is 0 Å². The quantitative estimate of drug-likeness (QED) is 0.792. The Bertz CT molecular complexity index is 598. The number of nitrogens with one attached hydrogen (secondary N) is 3. The number of hydrogen-bond acceptors (Lipinski definition) is 5. The molecule has 0 amide bonds. The number of nitrogens with zero attached hydrogens (tertiary/aromatic N) is 2. The van der Waals surface area contributed by atoms with Gasteiger partial charge in [0.2, 0.25) is 5.95 Å². The largest absolute Gasteiger partial charge is 0.368 e. The molecule has 1 aromatic carbocycles. The topological polar surface area (TPSA) is 61.9 Å². The summed E-state index contributed by atoms with van der Waals surface area (Å²) in [5.74, 6) is 1.38. The van der Waals surface area contributed by atoms with Crippen LogP contribution >= 0.6 is 11.6 Å². The molecule has 1 fully saturated rings. The molecule has 0 saturated carbocycles. The fourth-order valence-electron chi connectivity index (χ4n) is 2.37. The fraction of sp³-hybridized carbons (Fsp3) is 0.333. The van der Waals surface area contributed by atoms with Gasteiger partial charge in [0.25, 0.3) is 0 Å². The molecule has 0 bridgehead atoms. The minimum Gasteiger partial charge on any atom is -0.368 e. The zero-order valence-corrected chi connectivity index (χ0v) is 12.4. The van der Waals surface area contributed by atoms with E-state index in [2.05, 4.69) is 25.9 Å². The maximum Gasteiger partial charge on any atom is 0.229 e. The van der Waals surface area contributed by atoms with Crippen molar-refractivity contribution in [3.63, 3.8) is 0 Å². The molecule has 1 aliphatic rings. The summed E-state index contributed by atoms with van der Waals surface area (Å²) in [6.07, 6.45) is 4.20. The van der Waals surface area contributed by atoms with Gasteiger partial charge in [-0.3, -0.25) is 0 Å². The van der Waals surface area contributed by atoms with E-state index in [1.807, 2.05) is 30.3 Å². The summed E-state index contributed by atoms with van der Waals surface area (Å²) < 4.78 is 0. The van der Waals surface area contributed by atoms with Crippen LogP contribution in [0.4, 0.5) is 17.5 Å². The molecule has 3 N–H and O–H groups in total. The van der Waals surface area contributed by atoms with Gasteiger partial charge in [-0.25, -0.2) is 4.98 Å². The molecule has 1 atom stereocenters. The van der Waals surface area contributed by atoms with E-state index in [1.54, 1.807) is 6.20 Å². The van der Waals surface area contributed by atoms with Gasteiger partial charge in [0.15, 0.2) is 0 Å². The van der Waals surface area contributed by atoms with Crippen molar-refractivity contribution in [2.24, 2.45) is 0 Å². The number of rotatable bonds is 5. The van der Waals surface area contributed by atoms with Gasteiger partial charge >= 0.3 is 0 Å². The van der Waals surface area contributed by atoms with Crippen LogP contribution in [-0.4, -0.2) is 29.1 Å². The molecule has 1 saturated heterocycles. The Morgan fingerprint density at radius 2 is 2.29 bits per heavy atom. The van der Waals surface area contributed by atoms with E-state index in [0.717, 1.165) is 24.6 Å². The Balaban J connectivity index is 1.62. The average molecular weight is 304 g/mol. The number of halogens is 1. The van der Waals surface area contributed by atoms with E-state index in [0.29, 0.717) is 17.0 Å². The van der Waals surface area contributed by atoms with E-state index in [-0.39, 0.29) is 0 Å². The van der Waals surface area contributed by atoms with Crippen LogP contribution in [0.5, 0.6) is 0 Å². The third kappa shape index (κ3) is 4.06. The van der Waals surface area contributed by atoms with Crippen LogP contribution in [0.15, 0.2) is 36.5 Å². The predicted octanol–water partition coefficient (Wildman–Crippen LogP) is 3.04. The van der Waals surface area contributed by atoms with Crippen LogP contribution in [0.1, 0.15) is 12.8 Å². The van der Waals surface area contributed by atoms with Crippen molar-refractivity contribution in [3.8, 4) is 0 Å². The normalized spacial score (nSPS) is 17.7. The molecule has 21 heavy (non-hydrogen) atoms. The highest BCUT2D eigenvalue weighted by atomic mass is 35.5. The lowest BCUT2D eigenvalue weighted by molar-refractivity contribution is 0.632. The van der Waals surface area contributed by atoms with Gasteiger partial charge in [-0.05, 0) is 43.7 Å². The van der Waals surface area contributed by atoms with Crippen molar-refractivity contribution in [1.82, 2.24) is 15.3 Å². The molecule has 2 aromatic rings. The molecule has 0 aliphatic carbocycles. The minimum absolute atomic E-state index is 0.532. The molecule has 1 aromatic heterocycles. The highest BCUT2D eigenvalue weighted by Gasteiger charge is 2.13. The Morgan fingerprint density at radius 3 is 3.10 bits per heavy atom. The van der Waals surface area contributed by atoms with Crippen molar-refractivity contribution in [2.45, 2.75) is 18.9 Å². The maximum absolute atomic E-state index is 5.96. The van der Waals surface area contributed by atoms with Crippen LogP contribution < -0.4 is 16.0 Å². The predicted molar refractivity (Wildman–Crippen MR) is 86.3 cm³/mol. The Kier molecular flexibility index (Phi) is 4.52. The number of anilines is 3. The van der Waals surface area contributed by atoms with E-state index >= 15 is 0 Å². The first-order valence-corrected chi connectivity index (χ1v) is 7.50. The Hall–Kier alpha value is -1.85. The molecular formula is C15H18ClN5. The van der Waals surface area contributed by atoms with E-state index in [1.165, 1.54) is 12.8 Å².